The molecule has 1 unspecified atom stereocenters. The maximum atomic E-state index is 12.9. The van der Waals surface area contributed by atoms with Gasteiger partial charge in [-0.05, 0) is 43.0 Å². The van der Waals surface area contributed by atoms with Crippen molar-refractivity contribution in [2.45, 2.75) is 45.2 Å². The molecule has 0 amide bonds. The SMILES string of the molecule is C=C(C)C1=NC=CC(N)/C1=C\NCc1ccc(CCC(C)(F)F)cc1. The summed E-state index contributed by atoms with van der Waals surface area (Å²) < 4.78 is 25.8. The first-order chi connectivity index (χ1) is 11.8. The van der Waals surface area contributed by atoms with Crippen LogP contribution < -0.4 is 11.1 Å². The zero-order valence-electron chi connectivity index (χ0n) is 14.7. The fourth-order valence-electron chi connectivity index (χ4n) is 2.53. The van der Waals surface area contributed by atoms with Gasteiger partial charge in [-0.2, -0.15) is 0 Å². The summed E-state index contributed by atoms with van der Waals surface area (Å²) >= 11 is 0. The molecule has 5 heteroatoms. The Kier molecular flexibility index (Phi) is 6.26. The molecule has 25 heavy (non-hydrogen) atoms. The number of nitrogens with zero attached hydrogens (tertiary/aromatic N) is 1. The van der Waals surface area contributed by atoms with Crippen molar-refractivity contribution in [1.82, 2.24) is 5.32 Å². The quantitative estimate of drug-likeness (QED) is 0.781. The van der Waals surface area contributed by atoms with Gasteiger partial charge < -0.3 is 11.1 Å². The number of allylic oxidation sites excluding steroid dienone is 1. The van der Waals surface area contributed by atoms with Crippen LogP contribution in [0, 0.1) is 0 Å². The molecule has 0 fully saturated rings. The molecule has 0 radical (unpaired) electrons. The Morgan fingerprint density at radius 1 is 1.32 bits per heavy atom. The van der Waals surface area contributed by atoms with E-state index in [9.17, 15) is 8.78 Å². The lowest BCUT2D eigenvalue weighted by molar-refractivity contribution is 0.0133. The van der Waals surface area contributed by atoms with Crippen LogP contribution >= 0.6 is 0 Å². The molecule has 0 aromatic heterocycles. The molecule has 134 valence electrons. The lowest BCUT2D eigenvalue weighted by atomic mass is 9.97. The normalized spacial score (nSPS) is 19.0. The lowest BCUT2D eigenvalue weighted by Crippen LogP contribution is -2.29. The van der Waals surface area contributed by atoms with Gasteiger partial charge in [-0.1, -0.05) is 30.8 Å². The number of aliphatic imine (C=N–C) groups is 1. The molecule has 1 aromatic carbocycles. The highest BCUT2D eigenvalue weighted by molar-refractivity contribution is 6.13. The van der Waals surface area contributed by atoms with Crippen molar-refractivity contribution in [3.63, 3.8) is 0 Å². The Bertz CT molecular complexity index is 695. The minimum Gasteiger partial charge on any atom is -0.386 e. The summed E-state index contributed by atoms with van der Waals surface area (Å²) in [6.45, 7) is 7.40. The van der Waals surface area contributed by atoms with Crippen LogP contribution in [0.2, 0.25) is 0 Å². The molecule has 1 aromatic rings. The highest BCUT2D eigenvalue weighted by Gasteiger charge is 2.20. The van der Waals surface area contributed by atoms with Gasteiger partial charge in [0.15, 0.2) is 0 Å². The van der Waals surface area contributed by atoms with E-state index in [0.717, 1.165) is 34.9 Å². The summed E-state index contributed by atoms with van der Waals surface area (Å²) in [5, 5.41) is 3.24. The van der Waals surface area contributed by atoms with Crippen LogP contribution in [0.4, 0.5) is 8.78 Å². The third-order valence-corrected chi connectivity index (χ3v) is 3.97. The van der Waals surface area contributed by atoms with Crippen molar-refractivity contribution in [1.29, 1.82) is 0 Å². The molecule has 3 nitrogen and oxygen atoms in total. The van der Waals surface area contributed by atoms with Gasteiger partial charge in [0, 0.05) is 30.9 Å². The molecule has 1 aliphatic rings. The summed E-state index contributed by atoms with van der Waals surface area (Å²) in [6.07, 6.45) is 5.64. The number of hydrogen-bond donors (Lipinski definition) is 2. The van der Waals surface area contributed by atoms with Gasteiger partial charge in [-0.3, -0.25) is 4.99 Å². The zero-order chi connectivity index (χ0) is 18.4. The van der Waals surface area contributed by atoms with Crippen molar-refractivity contribution in [3.8, 4) is 0 Å². The van der Waals surface area contributed by atoms with E-state index < -0.39 is 5.92 Å². The number of aryl methyl sites for hydroxylation is 1. The Hall–Kier alpha value is -2.27. The van der Waals surface area contributed by atoms with Crippen molar-refractivity contribution < 1.29 is 8.78 Å². The fraction of sp³-hybridized carbons (Fsp3) is 0.350. The maximum absolute atomic E-state index is 12.9. The van der Waals surface area contributed by atoms with E-state index in [1.54, 1.807) is 6.20 Å². The summed E-state index contributed by atoms with van der Waals surface area (Å²) in [5.74, 6) is -2.62. The van der Waals surface area contributed by atoms with Gasteiger partial charge in [0.05, 0.1) is 11.8 Å². The molecule has 1 aliphatic heterocycles. The first-order valence-corrected chi connectivity index (χ1v) is 8.31. The number of rotatable bonds is 7. The van der Waals surface area contributed by atoms with Crippen LogP contribution in [0.25, 0.3) is 0 Å². The van der Waals surface area contributed by atoms with E-state index in [1.807, 2.05) is 43.5 Å². The molecule has 0 aliphatic carbocycles. The first kappa shape index (κ1) is 19.1. The van der Waals surface area contributed by atoms with E-state index in [4.69, 9.17) is 5.73 Å². The summed E-state index contributed by atoms with van der Waals surface area (Å²) in [5.41, 5.74) is 10.6. The van der Waals surface area contributed by atoms with Crippen molar-refractivity contribution >= 4 is 5.71 Å². The summed E-state index contributed by atoms with van der Waals surface area (Å²) in [6, 6.07) is 7.47. The van der Waals surface area contributed by atoms with Crippen molar-refractivity contribution in [2.24, 2.45) is 10.7 Å². The second kappa shape index (κ2) is 8.21. The number of alkyl halides is 2. The maximum Gasteiger partial charge on any atom is 0.245 e. The van der Waals surface area contributed by atoms with E-state index in [-0.39, 0.29) is 12.5 Å². The lowest BCUT2D eigenvalue weighted by Gasteiger charge is -2.18. The van der Waals surface area contributed by atoms with Gasteiger partial charge in [0.2, 0.25) is 5.92 Å². The molecule has 1 atom stereocenters. The topological polar surface area (TPSA) is 50.4 Å². The average Bonchev–Trinajstić information content (AvgIpc) is 2.54. The van der Waals surface area contributed by atoms with Gasteiger partial charge in [-0.25, -0.2) is 8.78 Å². The van der Waals surface area contributed by atoms with E-state index in [1.165, 1.54) is 0 Å². The Morgan fingerprint density at radius 3 is 2.56 bits per heavy atom. The number of hydrogen-bond acceptors (Lipinski definition) is 3. The summed E-state index contributed by atoms with van der Waals surface area (Å²) in [7, 11) is 0. The van der Waals surface area contributed by atoms with Crippen LogP contribution in [-0.2, 0) is 13.0 Å². The fourth-order valence-corrected chi connectivity index (χ4v) is 2.53. The smallest absolute Gasteiger partial charge is 0.245 e. The van der Waals surface area contributed by atoms with Gasteiger partial charge in [0.1, 0.15) is 0 Å². The van der Waals surface area contributed by atoms with E-state index >= 15 is 0 Å². The van der Waals surface area contributed by atoms with Crippen LogP contribution in [0.3, 0.4) is 0 Å². The minimum atomic E-state index is -2.62. The predicted octanol–water partition coefficient (Wildman–Crippen LogP) is 4.12. The number of nitrogens with two attached hydrogens (primary N) is 1. The van der Waals surface area contributed by atoms with E-state index in [0.29, 0.717) is 13.0 Å². The van der Waals surface area contributed by atoms with Gasteiger partial charge in [-0.15, -0.1) is 0 Å². The highest BCUT2D eigenvalue weighted by Crippen LogP contribution is 2.20. The molecule has 0 spiro atoms. The van der Waals surface area contributed by atoms with Crippen molar-refractivity contribution in [2.75, 3.05) is 0 Å². The zero-order valence-corrected chi connectivity index (χ0v) is 14.7. The number of benzene rings is 1. The van der Waals surface area contributed by atoms with Crippen LogP contribution in [0.5, 0.6) is 0 Å². The Labute approximate surface area is 148 Å². The summed E-state index contributed by atoms with van der Waals surface area (Å²) in [4.78, 5) is 4.33. The number of nitrogens with one attached hydrogen (secondary N) is 1. The van der Waals surface area contributed by atoms with E-state index in [2.05, 4.69) is 16.9 Å². The second-order valence-corrected chi connectivity index (χ2v) is 6.49. The molecular weight excluding hydrogens is 320 g/mol. The minimum absolute atomic E-state index is 0.134. The van der Waals surface area contributed by atoms with Crippen LogP contribution in [-0.4, -0.2) is 17.7 Å². The standard InChI is InChI=1S/C20H25F2N3/c1-14(2)19-17(18(23)9-11-25-19)13-24-12-16-6-4-15(5-7-16)8-10-20(3,21)22/h4-7,9,11,13,18,24H,1,8,10,12,23H2,2-3H3/b17-13+. The Balaban J connectivity index is 1.94. The van der Waals surface area contributed by atoms with Gasteiger partial charge in [0.25, 0.3) is 0 Å². The molecule has 0 saturated heterocycles. The average molecular weight is 345 g/mol. The number of halogens is 2. The molecular formula is C20H25F2N3. The molecule has 2 rings (SSSR count). The highest BCUT2D eigenvalue weighted by atomic mass is 19.3. The predicted molar refractivity (Wildman–Crippen MR) is 99.7 cm³/mol. The largest absolute Gasteiger partial charge is 0.386 e. The van der Waals surface area contributed by atoms with Gasteiger partial charge >= 0.3 is 0 Å². The molecule has 3 N–H and O–H groups in total. The molecule has 0 bridgehead atoms. The Morgan fingerprint density at radius 2 is 1.96 bits per heavy atom. The third kappa shape index (κ3) is 5.94. The van der Waals surface area contributed by atoms with Crippen molar-refractivity contribution in [3.05, 3.63) is 71.6 Å². The van der Waals surface area contributed by atoms with Crippen LogP contribution in [0.15, 0.2) is 65.5 Å². The monoisotopic (exact) mass is 345 g/mol. The second-order valence-electron chi connectivity index (χ2n) is 6.49. The molecule has 0 saturated carbocycles. The molecule has 1 heterocycles. The third-order valence-electron chi connectivity index (χ3n) is 3.97. The van der Waals surface area contributed by atoms with Crippen LogP contribution in [0.1, 0.15) is 31.4 Å². The first-order valence-electron chi connectivity index (χ1n) is 8.31.